The van der Waals surface area contributed by atoms with E-state index in [0.29, 0.717) is 12.3 Å². The van der Waals surface area contributed by atoms with E-state index >= 15 is 0 Å². The number of phenolic OH excluding ortho intramolecular Hbond substituents is 1. The summed E-state index contributed by atoms with van der Waals surface area (Å²) in [5.74, 6) is 1.16. The van der Waals surface area contributed by atoms with E-state index < -0.39 is 0 Å². The highest BCUT2D eigenvalue weighted by Gasteiger charge is 2.17. The number of hydrogen-bond donors (Lipinski definition) is 1. The van der Waals surface area contributed by atoms with Crippen molar-refractivity contribution in [3.8, 4) is 5.75 Å². The van der Waals surface area contributed by atoms with E-state index in [1.54, 1.807) is 19.1 Å². The zero-order chi connectivity index (χ0) is 11.4. The minimum atomic E-state index is 0.210. The fourth-order valence-corrected chi connectivity index (χ4v) is 1.77. The topological polar surface area (TPSA) is 37.3 Å². The molecular weight excluding hydrogens is 188 g/mol. The minimum Gasteiger partial charge on any atom is -0.508 e. The van der Waals surface area contributed by atoms with Gasteiger partial charge in [0.05, 0.1) is 0 Å². The van der Waals surface area contributed by atoms with Crippen LogP contribution in [0, 0.1) is 5.92 Å². The number of hydrogen-bond acceptors (Lipinski definition) is 2. The van der Waals surface area contributed by atoms with Crippen LogP contribution in [0.4, 0.5) is 0 Å². The number of Topliss-reactive ketones (excluding diaryl/α,β-unsaturated/α-hetero) is 1. The van der Waals surface area contributed by atoms with E-state index in [2.05, 4.69) is 13.8 Å². The Kier molecular flexibility index (Phi) is 3.89. The van der Waals surface area contributed by atoms with Crippen LogP contribution in [0.25, 0.3) is 0 Å². The monoisotopic (exact) mass is 206 g/mol. The molecule has 0 aliphatic rings. The van der Waals surface area contributed by atoms with Crippen molar-refractivity contribution in [1.29, 1.82) is 0 Å². The van der Waals surface area contributed by atoms with Crippen molar-refractivity contribution in [2.75, 3.05) is 0 Å². The summed E-state index contributed by atoms with van der Waals surface area (Å²) >= 11 is 0. The molecule has 2 nitrogen and oxygen atoms in total. The van der Waals surface area contributed by atoms with Crippen LogP contribution in [0.1, 0.15) is 38.7 Å². The van der Waals surface area contributed by atoms with Crippen LogP contribution >= 0.6 is 0 Å². The predicted octanol–water partition coefficient (Wildman–Crippen LogP) is 3.11. The standard InChI is InChI=1S/C13H18O2/c1-9(2)13(8-10(3)14)11-4-6-12(15)7-5-11/h4-7,9,13,15H,8H2,1-3H3. The lowest BCUT2D eigenvalue weighted by Gasteiger charge is -2.20. The van der Waals surface area contributed by atoms with Gasteiger partial charge in [0.2, 0.25) is 0 Å². The molecule has 0 bridgehead atoms. The first-order chi connectivity index (χ1) is 7.00. The summed E-state index contributed by atoms with van der Waals surface area (Å²) < 4.78 is 0. The quantitative estimate of drug-likeness (QED) is 0.821. The molecule has 0 heterocycles. The summed E-state index contributed by atoms with van der Waals surface area (Å²) in [4.78, 5) is 11.1. The number of phenols is 1. The van der Waals surface area contributed by atoms with Crippen LogP contribution < -0.4 is 0 Å². The van der Waals surface area contributed by atoms with Gasteiger partial charge >= 0.3 is 0 Å². The fraction of sp³-hybridized carbons (Fsp3) is 0.462. The van der Waals surface area contributed by atoms with Crippen molar-refractivity contribution in [2.24, 2.45) is 5.92 Å². The van der Waals surface area contributed by atoms with Crippen LogP contribution in [0.15, 0.2) is 24.3 Å². The lowest BCUT2D eigenvalue weighted by Crippen LogP contribution is -2.10. The predicted molar refractivity (Wildman–Crippen MR) is 61.0 cm³/mol. The highest BCUT2D eigenvalue weighted by atomic mass is 16.3. The molecule has 0 saturated carbocycles. The maximum atomic E-state index is 11.1. The van der Waals surface area contributed by atoms with Gasteiger partial charge in [0.15, 0.2) is 0 Å². The molecule has 0 aliphatic heterocycles. The normalized spacial score (nSPS) is 12.8. The molecular formula is C13H18O2. The SMILES string of the molecule is CC(=O)CC(c1ccc(O)cc1)C(C)C. The highest BCUT2D eigenvalue weighted by molar-refractivity contribution is 5.76. The second-order valence-electron chi connectivity index (χ2n) is 4.35. The largest absolute Gasteiger partial charge is 0.508 e. The highest BCUT2D eigenvalue weighted by Crippen LogP contribution is 2.29. The Balaban J connectivity index is 2.88. The van der Waals surface area contributed by atoms with Gasteiger partial charge in [-0.2, -0.15) is 0 Å². The molecule has 1 unspecified atom stereocenters. The molecule has 0 amide bonds. The summed E-state index contributed by atoms with van der Waals surface area (Å²) in [5, 5.41) is 9.19. The van der Waals surface area contributed by atoms with Crippen molar-refractivity contribution in [3.05, 3.63) is 29.8 Å². The van der Waals surface area contributed by atoms with Gasteiger partial charge in [0.25, 0.3) is 0 Å². The molecule has 0 radical (unpaired) electrons. The van der Waals surface area contributed by atoms with Gasteiger partial charge in [-0.1, -0.05) is 26.0 Å². The molecule has 1 atom stereocenters. The van der Waals surface area contributed by atoms with Crippen molar-refractivity contribution >= 4 is 5.78 Å². The van der Waals surface area contributed by atoms with Crippen molar-refractivity contribution in [2.45, 2.75) is 33.1 Å². The molecule has 0 saturated heterocycles. The Hall–Kier alpha value is -1.31. The van der Waals surface area contributed by atoms with Gasteiger partial charge in [-0.05, 0) is 36.5 Å². The van der Waals surface area contributed by atoms with Crippen molar-refractivity contribution in [3.63, 3.8) is 0 Å². The summed E-state index contributed by atoms with van der Waals surface area (Å²) in [6.45, 7) is 5.84. The number of aromatic hydroxyl groups is 1. The first kappa shape index (κ1) is 11.8. The van der Waals surface area contributed by atoms with E-state index in [-0.39, 0.29) is 17.5 Å². The Labute approximate surface area is 90.9 Å². The number of benzene rings is 1. The molecule has 0 aliphatic carbocycles. The maximum Gasteiger partial charge on any atom is 0.130 e. The van der Waals surface area contributed by atoms with Crippen LogP contribution in [0.2, 0.25) is 0 Å². The fourth-order valence-electron chi connectivity index (χ4n) is 1.77. The van der Waals surface area contributed by atoms with Crippen molar-refractivity contribution in [1.82, 2.24) is 0 Å². The van der Waals surface area contributed by atoms with Gasteiger partial charge in [-0.3, -0.25) is 0 Å². The van der Waals surface area contributed by atoms with E-state index in [0.717, 1.165) is 5.56 Å². The summed E-state index contributed by atoms with van der Waals surface area (Å²) in [7, 11) is 0. The number of rotatable bonds is 4. The second-order valence-corrected chi connectivity index (χ2v) is 4.35. The number of carbonyl (C=O) groups is 1. The first-order valence-corrected chi connectivity index (χ1v) is 5.29. The Morgan fingerprint density at radius 2 is 1.80 bits per heavy atom. The number of carbonyl (C=O) groups excluding carboxylic acids is 1. The molecule has 2 heteroatoms. The van der Waals surface area contributed by atoms with Gasteiger partial charge in [0.1, 0.15) is 11.5 Å². The lowest BCUT2D eigenvalue weighted by molar-refractivity contribution is -0.117. The maximum absolute atomic E-state index is 11.1. The molecule has 1 N–H and O–H groups in total. The van der Waals surface area contributed by atoms with Crippen LogP contribution in [0.3, 0.4) is 0 Å². The molecule has 0 spiro atoms. The minimum absolute atomic E-state index is 0.210. The Bertz CT molecular complexity index is 325. The van der Waals surface area contributed by atoms with E-state index in [9.17, 15) is 9.90 Å². The smallest absolute Gasteiger partial charge is 0.130 e. The third-order valence-corrected chi connectivity index (χ3v) is 2.63. The van der Waals surface area contributed by atoms with E-state index in [4.69, 9.17) is 0 Å². The van der Waals surface area contributed by atoms with Gasteiger partial charge in [-0.25, -0.2) is 0 Å². The Morgan fingerprint density at radius 1 is 1.27 bits per heavy atom. The third kappa shape index (κ3) is 3.39. The molecule has 0 fully saturated rings. The average molecular weight is 206 g/mol. The van der Waals surface area contributed by atoms with Crippen LogP contribution in [-0.4, -0.2) is 10.9 Å². The van der Waals surface area contributed by atoms with E-state index in [1.807, 2.05) is 12.1 Å². The third-order valence-electron chi connectivity index (χ3n) is 2.63. The molecule has 15 heavy (non-hydrogen) atoms. The Morgan fingerprint density at radius 3 is 2.20 bits per heavy atom. The molecule has 0 aromatic heterocycles. The van der Waals surface area contributed by atoms with Crippen molar-refractivity contribution < 1.29 is 9.90 Å². The molecule has 1 rings (SSSR count). The summed E-state index contributed by atoms with van der Waals surface area (Å²) in [6.07, 6.45) is 0.572. The zero-order valence-corrected chi connectivity index (χ0v) is 9.53. The summed E-state index contributed by atoms with van der Waals surface area (Å²) in [6, 6.07) is 7.13. The molecule has 1 aromatic carbocycles. The van der Waals surface area contributed by atoms with Crippen LogP contribution in [0.5, 0.6) is 5.75 Å². The average Bonchev–Trinajstić information content (AvgIpc) is 2.15. The van der Waals surface area contributed by atoms with Crippen LogP contribution in [-0.2, 0) is 4.79 Å². The van der Waals surface area contributed by atoms with E-state index in [1.165, 1.54) is 0 Å². The molecule has 1 aromatic rings. The zero-order valence-electron chi connectivity index (χ0n) is 9.53. The van der Waals surface area contributed by atoms with Gasteiger partial charge in [-0.15, -0.1) is 0 Å². The lowest BCUT2D eigenvalue weighted by atomic mass is 9.85. The van der Waals surface area contributed by atoms with Gasteiger partial charge in [0, 0.05) is 6.42 Å². The van der Waals surface area contributed by atoms with Gasteiger partial charge < -0.3 is 9.90 Å². The summed E-state index contributed by atoms with van der Waals surface area (Å²) in [5.41, 5.74) is 1.12. The number of ketones is 1. The first-order valence-electron chi connectivity index (χ1n) is 5.29. The second kappa shape index (κ2) is 4.96. The molecule has 82 valence electrons.